The summed E-state index contributed by atoms with van der Waals surface area (Å²) in [5.74, 6) is -1.97. The van der Waals surface area contributed by atoms with Gasteiger partial charge in [-0.1, -0.05) is 18.2 Å². The molecule has 0 amide bonds. The maximum absolute atomic E-state index is 11.6. The van der Waals surface area contributed by atoms with E-state index in [1.807, 2.05) is 30.3 Å². The highest BCUT2D eigenvalue weighted by Gasteiger charge is 2.20. The van der Waals surface area contributed by atoms with E-state index in [9.17, 15) is 13.2 Å². The summed E-state index contributed by atoms with van der Waals surface area (Å²) in [6, 6.07) is 8.28. The number of aromatic nitrogens is 1. The van der Waals surface area contributed by atoms with Gasteiger partial charge in [-0.15, -0.1) is 0 Å². The zero-order chi connectivity index (χ0) is 15.5. The first kappa shape index (κ1) is 15.5. The number of fused-ring (bicyclic) bond motifs is 1. The van der Waals surface area contributed by atoms with Gasteiger partial charge in [-0.25, -0.2) is 13.1 Å². The number of nitrogens with one attached hydrogen (secondary N) is 2. The highest BCUT2D eigenvalue weighted by Crippen LogP contribution is 2.14. The zero-order valence-corrected chi connectivity index (χ0v) is 12.1. The van der Waals surface area contributed by atoms with E-state index in [0.29, 0.717) is 6.42 Å². The molecule has 0 saturated heterocycles. The Morgan fingerprint density at radius 3 is 2.76 bits per heavy atom. The fourth-order valence-corrected chi connectivity index (χ4v) is 3.12. The lowest BCUT2D eigenvalue weighted by Gasteiger charge is -2.08. The van der Waals surface area contributed by atoms with Crippen molar-refractivity contribution in [3.05, 3.63) is 36.0 Å². The van der Waals surface area contributed by atoms with Gasteiger partial charge in [0.05, 0.1) is 5.75 Å². The number of hydrogen-bond donors (Lipinski definition) is 4. The van der Waals surface area contributed by atoms with Crippen LogP contribution in [0.15, 0.2) is 30.3 Å². The molecule has 1 atom stereocenters. The molecule has 8 heteroatoms. The van der Waals surface area contributed by atoms with Crippen molar-refractivity contribution in [1.29, 1.82) is 0 Å². The quantitative estimate of drug-likeness (QED) is 0.574. The minimum Gasteiger partial charge on any atom is -0.480 e. The van der Waals surface area contributed by atoms with E-state index < -0.39 is 27.8 Å². The standard InChI is InChI=1S/C13H17N3O4S/c14-11(13(17)18)8-21(19,20)15-6-5-10-7-9-3-1-2-4-12(9)16-10/h1-4,7,11,15-16H,5-6,8,14H2,(H,17,18). The van der Waals surface area contributed by atoms with Crippen LogP contribution in [0.2, 0.25) is 0 Å². The van der Waals surface area contributed by atoms with Gasteiger partial charge in [0.25, 0.3) is 0 Å². The van der Waals surface area contributed by atoms with Crippen LogP contribution < -0.4 is 10.5 Å². The first-order valence-corrected chi connectivity index (χ1v) is 8.05. The number of nitrogens with two attached hydrogens (primary N) is 1. The van der Waals surface area contributed by atoms with Gasteiger partial charge in [0.15, 0.2) is 0 Å². The van der Waals surface area contributed by atoms with E-state index in [0.717, 1.165) is 16.6 Å². The van der Waals surface area contributed by atoms with Crippen LogP contribution in [-0.2, 0) is 21.2 Å². The van der Waals surface area contributed by atoms with Crippen molar-refractivity contribution in [2.45, 2.75) is 12.5 Å². The molecule has 1 aromatic heterocycles. The van der Waals surface area contributed by atoms with Crippen LogP contribution >= 0.6 is 0 Å². The topological polar surface area (TPSA) is 125 Å². The lowest BCUT2D eigenvalue weighted by atomic mass is 10.2. The van der Waals surface area contributed by atoms with Gasteiger partial charge in [0.2, 0.25) is 10.0 Å². The Labute approximate surface area is 122 Å². The maximum atomic E-state index is 11.6. The van der Waals surface area contributed by atoms with Gasteiger partial charge >= 0.3 is 5.97 Å². The van der Waals surface area contributed by atoms with Crippen LogP contribution in [0.3, 0.4) is 0 Å². The summed E-state index contributed by atoms with van der Waals surface area (Å²) in [5, 5.41) is 9.67. The molecule has 21 heavy (non-hydrogen) atoms. The van der Waals surface area contributed by atoms with Crippen molar-refractivity contribution in [3.63, 3.8) is 0 Å². The average Bonchev–Trinajstić information content (AvgIpc) is 2.80. The Balaban J connectivity index is 1.90. The maximum Gasteiger partial charge on any atom is 0.321 e. The first-order valence-electron chi connectivity index (χ1n) is 6.40. The predicted octanol–water partition coefficient (Wildman–Crippen LogP) is 0.0417. The Morgan fingerprint density at radius 1 is 1.38 bits per heavy atom. The SMILES string of the molecule is NC(CS(=O)(=O)NCCc1cc2ccccc2[nH]1)C(=O)O. The van der Waals surface area contributed by atoms with Gasteiger partial charge in [-0.3, -0.25) is 4.79 Å². The Kier molecular flexibility index (Phi) is 4.61. The van der Waals surface area contributed by atoms with E-state index in [-0.39, 0.29) is 6.54 Å². The summed E-state index contributed by atoms with van der Waals surface area (Å²) in [6.07, 6.45) is 0.482. The molecule has 0 spiro atoms. The van der Waals surface area contributed by atoms with E-state index in [1.54, 1.807) is 0 Å². The monoisotopic (exact) mass is 311 g/mol. The third-order valence-electron chi connectivity index (χ3n) is 3.02. The fraction of sp³-hybridized carbons (Fsp3) is 0.308. The number of carboxylic acids is 1. The molecule has 0 radical (unpaired) electrons. The molecule has 5 N–H and O–H groups in total. The van der Waals surface area contributed by atoms with Crippen LogP contribution in [0.25, 0.3) is 10.9 Å². The first-order chi connectivity index (χ1) is 9.87. The molecule has 2 rings (SSSR count). The van der Waals surface area contributed by atoms with Crippen molar-refractivity contribution in [3.8, 4) is 0 Å². The largest absolute Gasteiger partial charge is 0.480 e. The minimum atomic E-state index is -3.70. The van der Waals surface area contributed by atoms with Crippen molar-refractivity contribution >= 4 is 26.9 Å². The lowest BCUT2D eigenvalue weighted by Crippen LogP contribution is -2.41. The fourth-order valence-electron chi connectivity index (χ4n) is 1.98. The van der Waals surface area contributed by atoms with E-state index in [1.165, 1.54) is 0 Å². The number of para-hydroxylation sites is 1. The second-order valence-electron chi connectivity index (χ2n) is 4.75. The Morgan fingerprint density at radius 2 is 2.10 bits per heavy atom. The summed E-state index contributed by atoms with van der Waals surface area (Å²) in [6.45, 7) is 0.182. The number of sulfonamides is 1. The second kappa shape index (κ2) is 6.25. The number of carbonyl (C=O) groups is 1. The third-order valence-corrected chi connectivity index (χ3v) is 4.46. The highest BCUT2D eigenvalue weighted by atomic mass is 32.2. The molecular weight excluding hydrogens is 294 g/mol. The number of benzene rings is 1. The number of aromatic amines is 1. The molecule has 1 aromatic carbocycles. The number of hydrogen-bond acceptors (Lipinski definition) is 4. The smallest absolute Gasteiger partial charge is 0.321 e. The van der Waals surface area contributed by atoms with Crippen molar-refractivity contribution in [1.82, 2.24) is 9.71 Å². The summed E-state index contributed by atoms with van der Waals surface area (Å²) in [7, 11) is -3.70. The van der Waals surface area contributed by atoms with Crippen molar-refractivity contribution in [2.75, 3.05) is 12.3 Å². The van der Waals surface area contributed by atoms with E-state index in [2.05, 4.69) is 9.71 Å². The molecule has 0 aliphatic rings. The van der Waals surface area contributed by atoms with Crippen LogP contribution in [-0.4, -0.2) is 42.8 Å². The molecule has 0 aliphatic heterocycles. The van der Waals surface area contributed by atoms with Crippen molar-refractivity contribution in [2.24, 2.45) is 5.73 Å². The lowest BCUT2D eigenvalue weighted by molar-refractivity contribution is -0.137. The van der Waals surface area contributed by atoms with Gasteiger partial charge in [0.1, 0.15) is 6.04 Å². The zero-order valence-electron chi connectivity index (χ0n) is 11.2. The number of rotatable bonds is 7. The van der Waals surface area contributed by atoms with Crippen LogP contribution in [0.1, 0.15) is 5.69 Å². The van der Waals surface area contributed by atoms with Gasteiger partial charge in [0, 0.05) is 24.2 Å². The summed E-state index contributed by atoms with van der Waals surface area (Å²) < 4.78 is 25.6. The van der Waals surface area contributed by atoms with Crippen molar-refractivity contribution < 1.29 is 18.3 Å². The number of aliphatic carboxylic acids is 1. The molecule has 7 nitrogen and oxygen atoms in total. The van der Waals surface area contributed by atoms with Gasteiger partial charge in [-0.05, 0) is 17.5 Å². The highest BCUT2D eigenvalue weighted by molar-refractivity contribution is 7.89. The summed E-state index contributed by atoms with van der Waals surface area (Å²) in [4.78, 5) is 13.7. The van der Waals surface area contributed by atoms with Gasteiger partial charge in [-0.2, -0.15) is 0 Å². The second-order valence-corrected chi connectivity index (χ2v) is 6.60. The van der Waals surface area contributed by atoms with Crippen LogP contribution in [0.4, 0.5) is 0 Å². The number of H-pyrrole nitrogens is 1. The molecule has 1 heterocycles. The average molecular weight is 311 g/mol. The van der Waals surface area contributed by atoms with E-state index in [4.69, 9.17) is 10.8 Å². The molecule has 0 saturated carbocycles. The van der Waals surface area contributed by atoms with Gasteiger partial charge < -0.3 is 15.8 Å². The summed E-state index contributed by atoms with van der Waals surface area (Å²) in [5.41, 5.74) is 7.10. The molecular formula is C13H17N3O4S. The molecule has 0 fully saturated rings. The number of carboxylic acid groups (broad SMARTS) is 1. The third kappa shape index (κ3) is 4.28. The van der Waals surface area contributed by atoms with Crippen LogP contribution in [0, 0.1) is 0 Å². The Bertz CT molecular complexity index is 706. The minimum absolute atomic E-state index is 0.182. The Hall–Kier alpha value is -1.90. The predicted molar refractivity (Wildman–Crippen MR) is 79.4 cm³/mol. The summed E-state index contributed by atoms with van der Waals surface area (Å²) >= 11 is 0. The molecule has 114 valence electrons. The molecule has 0 aliphatic carbocycles. The van der Waals surface area contributed by atoms with Crippen LogP contribution in [0.5, 0.6) is 0 Å². The van der Waals surface area contributed by atoms with E-state index >= 15 is 0 Å². The normalized spacial score (nSPS) is 13.4. The molecule has 0 bridgehead atoms. The molecule has 1 unspecified atom stereocenters. The molecule has 2 aromatic rings.